The average molecular weight is 280 g/mol. The maximum atomic E-state index is 4.82. The third-order valence-corrected chi connectivity index (χ3v) is 4.40. The number of rotatable bonds is 2. The third-order valence-electron chi connectivity index (χ3n) is 4.40. The van der Waals surface area contributed by atoms with Crippen LogP contribution in [0.1, 0.15) is 24.8 Å². The quantitative estimate of drug-likeness (QED) is 0.846. The molecule has 0 N–H and O–H groups in total. The van der Waals surface area contributed by atoms with Crippen molar-refractivity contribution in [1.29, 1.82) is 0 Å². The molecule has 4 heteroatoms. The van der Waals surface area contributed by atoms with Crippen LogP contribution in [-0.2, 0) is 6.42 Å². The lowest BCUT2D eigenvalue weighted by Gasteiger charge is -2.30. The average Bonchev–Trinajstić information content (AvgIpc) is 3.09. The molecule has 0 radical (unpaired) electrons. The van der Waals surface area contributed by atoms with Gasteiger partial charge >= 0.3 is 0 Å². The molecule has 0 unspecified atom stereocenters. The van der Waals surface area contributed by atoms with E-state index in [1.807, 2.05) is 12.3 Å². The molecule has 1 fully saturated rings. The van der Waals surface area contributed by atoms with Crippen molar-refractivity contribution in [1.82, 2.24) is 9.97 Å². The number of fused-ring (bicyclic) bond motifs is 1. The molecular weight excluding hydrogens is 260 g/mol. The summed E-state index contributed by atoms with van der Waals surface area (Å²) in [5.41, 5.74) is 2.72. The second-order valence-corrected chi connectivity index (χ2v) is 5.79. The highest BCUT2D eigenvalue weighted by molar-refractivity contribution is 5.65. The van der Waals surface area contributed by atoms with E-state index in [0.29, 0.717) is 0 Å². The van der Waals surface area contributed by atoms with Gasteiger partial charge in [0.1, 0.15) is 5.82 Å². The Bertz CT molecular complexity index is 634. The fraction of sp³-hybridized carbons (Fsp3) is 0.412. The number of nitrogens with zero attached hydrogens (tertiary/aromatic N) is 4. The molecule has 4 rings (SSSR count). The van der Waals surface area contributed by atoms with Crippen LogP contribution < -0.4 is 9.80 Å². The summed E-state index contributed by atoms with van der Waals surface area (Å²) in [7, 11) is 0. The number of para-hydroxylation sites is 1. The zero-order chi connectivity index (χ0) is 14.1. The van der Waals surface area contributed by atoms with Gasteiger partial charge in [-0.2, -0.15) is 4.98 Å². The lowest BCUT2D eigenvalue weighted by Crippen LogP contribution is -2.27. The van der Waals surface area contributed by atoms with Crippen molar-refractivity contribution in [3.8, 4) is 0 Å². The molecule has 2 aliphatic rings. The van der Waals surface area contributed by atoms with Crippen molar-refractivity contribution in [2.24, 2.45) is 0 Å². The standard InChI is InChI=1S/C17H20N4/c1-2-8-15-14(6-1)7-5-13-21(15)16-9-10-18-17(19-16)20-11-3-4-12-20/h1-2,6,8-10H,3-5,7,11-13H2. The van der Waals surface area contributed by atoms with E-state index < -0.39 is 0 Å². The van der Waals surface area contributed by atoms with E-state index in [2.05, 4.69) is 39.0 Å². The fourth-order valence-electron chi connectivity index (χ4n) is 3.33. The highest BCUT2D eigenvalue weighted by atomic mass is 15.3. The van der Waals surface area contributed by atoms with Crippen LogP contribution in [0.25, 0.3) is 0 Å². The Morgan fingerprint density at radius 1 is 0.905 bits per heavy atom. The van der Waals surface area contributed by atoms with Crippen LogP contribution in [0.5, 0.6) is 0 Å². The van der Waals surface area contributed by atoms with Gasteiger partial charge in [0.05, 0.1) is 0 Å². The Morgan fingerprint density at radius 2 is 1.76 bits per heavy atom. The molecular formula is C17H20N4. The molecule has 0 bridgehead atoms. The minimum atomic E-state index is 0.882. The van der Waals surface area contributed by atoms with Crippen molar-refractivity contribution in [3.05, 3.63) is 42.1 Å². The Hall–Kier alpha value is -2.10. The van der Waals surface area contributed by atoms with Crippen LogP contribution >= 0.6 is 0 Å². The minimum Gasteiger partial charge on any atom is -0.341 e. The molecule has 0 atom stereocenters. The van der Waals surface area contributed by atoms with Crippen LogP contribution in [0, 0.1) is 0 Å². The topological polar surface area (TPSA) is 32.3 Å². The van der Waals surface area contributed by atoms with Gasteiger partial charge in [0, 0.05) is 31.5 Å². The molecule has 3 heterocycles. The van der Waals surface area contributed by atoms with E-state index in [4.69, 9.17) is 4.98 Å². The number of aromatic nitrogens is 2. The second-order valence-electron chi connectivity index (χ2n) is 5.79. The molecule has 4 nitrogen and oxygen atoms in total. The first-order valence-electron chi connectivity index (χ1n) is 7.85. The van der Waals surface area contributed by atoms with Crippen molar-refractivity contribution >= 4 is 17.5 Å². The molecule has 2 aromatic rings. The lowest BCUT2D eigenvalue weighted by atomic mass is 10.0. The number of hydrogen-bond acceptors (Lipinski definition) is 4. The summed E-state index contributed by atoms with van der Waals surface area (Å²) in [6.07, 6.45) is 6.74. The van der Waals surface area contributed by atoms with Crippen LogP contribution in [0.15, 0.2) is 36.5 Å². The Morgan fingerprint density at radius 3 is 2.67 bits per heavy atom. The molecule has 0 aliphatic carbocycles. The Balaban J connectivity index is 1.69. The smallest absolute Gasteiger partial charge is 0.227 e. The summed E-state index contributed by atoms with van der Waals surface area (Å²) in [5, 5.41) is 0. The van der Waals surface area contributed by atoms with Crippen LogP contribution in [0.3, 0.4) is 0 Å². The highest BCUT2D eigenvalue weighted by Crippen LogP contribution is 2.32. The molecule has 1 aromatic heterocycles. The minimum absolute atomic E-state index is 0.882. The largest absolute Gasteiger partial charge is 0.341 e. The first kappa shape index (κ1) is 12.6. The van der Waals surface area contributed by atoms with E-state index >= 15 is 0 Å². The third kappa shape index (κ3) is 2.35. The van der Waals surface area contributed by atoms with Crippen molar-refractivity contribution in [2.75, 3.05) is 29.4 Å². The maximum Gasteiger partial charge on any atom is 0.227 e. The summed E-state index contributed by atoms with van der Waals surface area (Å²) >= 11 is 0. The summed E-state index contributed by atoms with van der Waals surface area (Å²) in [5.74, 6) is 1.91. The Labute approximate surface area is 125 Å². The highest BCUT2D eigenvalue weighted by Gasteiger charge is 2.21. The van der Waals surface area contributed by atoms with E-state index in [-0.39, 0.29) is 0 Å². The summed E-state index contributed by atoms with van der Waals surface area (Å²) in [4.78, 5) is 13.9. The molecule has 21 heavy (non-hydrogen) atoms. The summed E-state index contributed by atoms with van der Waals surface area (Å²) in [6, 6.07) is 10.7. The van der Waals surface area contributed by atoms with Gasteiger partial charge in [-0.15, -0.1) is 0 Å². The SMILES string of the molecule is c1ccc2c(c1)CCCN2c1ccnc(N2CCCC2)n1. The van der Waals surface area contributed by atoms with E-state index in [1.54, 1.807) is 0 Å². The first-order chi connectivity index (χ1) is 10.4. The molecule has 0 amide bonds. The summed E-state index contributed by atoms with van der Waals surface area (Å²) < 4.78 is 0. The van der Waals surface area contributed by atoms with Gasteiger partial charge in [-0.3, -0.25) is 0 Å². The Kier molecular flexibility index (Phi) is 3.22. The van der Waals surface area contributed by atoms with Gasteiger partial charge in [0.25, 0.3) is 0 Å². The van der Waals surface area contributed by atoms with Gasteiger partial charge in [-0.25, -0.2) is 4.98 Å². The molecule has 1 saturated heterocycles. The zero-order valence-electron chi connectivity index (χ0n) is 12.2. The van der Waals surface area contributed by atoms with Gasteiger partial charge in [-0.05, 0) is 43.4 Å². The predicted molar refractivity (Wildman–Crippen MR) is 85.2 cm³/mol. The molecule has 2 aliphatic heterocycles. The van der Waals surface area contributed by atoms with E-state index in [0.717, 1.165) is 37.8 Å². The van der Waals surface area contributed by atoms with E-state index in [9.17, 15) is 0 Å². The van der Waals surface area contributed by atoms with Crippen LogP contribution in [-0.4, -0.2) is 29.6 Å². The number of benzene rings is 1. The number of aryl methyl sites for hydroxylation is 1. The first-order valence-corrected chi connectivity index (χ1v) is 7.85. The van der Waals surface area contributed by atoms with Crippen molar-refractivity contribution < 1.29 is 0 Å². The number of hydrogen-bond donors (Lipinski definition) is 0. The molecule has 108 valence electrons. The van der Waals surface area contributed by atoms with Gasteiger partial charge in [0.15, 0.2) is 0 Å². The number of anilines is 3. The lowest BCUT2D eigenvalue weighted by molar-refractivity contribution is 0.756. The van der Waals surface area contributed by atoms with Crippen LogP contribution in [0.2, 0.25) is 0 Å². The van der Waals surface area contributed by atoms with Gasteiger partial charge < -0.3 is 9.80 Å². The van der Waals surface area contributed by atoms with E-state index in [1.165, 1.54) is 30.5 Å². The molecule has 1 aromatic carbocycles. The monoisotopic (exact) mass is 280 g/mol. The maximum absolute atomic E-state index is 4.82. The van der Waals surface area contributed by atoms with Crippen molar-refractivity contribution in [2.45, 2.75) is 25.7 Å². The zero-order valence-corrected chi connectivity index (χ0v) is 12.2. The summed E-state index contributed by atoms with van der Waals surface area (Å²) in [6.45, 7) is 3.20. The second kappa shape index (κ2) is 5.35. The molecule has 0 spiro atoms. The normalized spacial score (nSPS) is 17.9. The molecule has 0 saturated carbocycles. The van der Waals surface area contributed by atoms with Crippen LogP contribution in [0.4, 0.5) is 17.5 Å². The van der Waals surface area contributed by atoms with Gasteiger partial charge in [0.2, 0.25) is 5.95 Å². The fourth-order valence-corrected chi connectivity index (χ4v) is 3.33. The van der Waals surface area contributed by atoms with Crippen molar-refractivity contribution in [3.63, 3.8) is 0 Å². The van der Waals surface area contributed by atoms with Gasteiger partial charge in [-0.1, -0.05) is 18.2 Å². The predicted octanol–water partition coefficient (Wildman–Crippen LogP) is 3.16.